The topological polar surface area (TPSA) is 115 Å². The average Bonchev–Trinajstić information content (AvgIpc) is 3.19. The van der Waals surface area contributed by atoms with Crippen molar-refractivity contribution in [3.63, 3.8) is 0 Å². The van der Waals surface area contributed by atoms with Gasteiger partial charge in [-0.15, -0.1) is 0 Å². The zero-order chi connectivity index (χ0) is 19.7. The van der Waals surface area contributed by atoms with Gasteiger partial charge in [-0.3, -0.25) is 9.59 Å². The van der Waals surface area contributed by atoms with Crippen LogP contribution in [0.1, 0.15) is 24.3 Å². The predicted molar refractivity (Wildman–Crippen MR) is 98.6 cm³/mol. The Hall–Kier alpha value is -2.91. The van der Waals surface area contributed by atoms with Crippen LogP contribution >= 0.6 is 0 Å². The second-order valence-corrected chi connectivity index (χ2v) is 7.20. The number of benzene rings is 1. The van der Waals surface area contributed by atoms with E-state index in [1.54, 1.807) is 43.3 Å². The Bertz CT molecular complexity index is 876. The van der Waals surface area contributed by atoms with Crippen LogP contribution in [-0.2, 0) is 24.3 Å². The molecule has 2 N–H and O–H groups in total. The summed E-state index contributed by atoms with van der Waals surface area (Å²) < 4.78 is 35.6. The summed E-state index contributed by atoms with van der Waals surface area (Å²) in [5.41, 5.74) is 0.702. The third-order valence-electron chi connectivity index (χ3n) is 3.37. The molecule has 0 spiro atoms. The molecule has 144 valence electrons. The van der Waals surface area contributed by atoms with Crippen LogP contribution in [0, 0.1) is 0 Å². The normalized spacial score (nSPS) is 12.6. The number of esters is 1. The number of hydrogen-bond donors (Lipinski definition) is 2. The molecule has 1 aromatic carbocycles. The number of ether oxygens (including phenoxy) is 1. The molecule has 1 heterocycles. The van der Waals surface area contributed by atoms with E-state index in [1.165, 1.54) is 12.3 Å². The van der Waals surface area contributed by atoms with Crippen molar-refractivity contribution in [1.29, 1.82) is 0 Å². The minimum absolute atomic E-state index is 0.382. The Morgan fingerprint density at radius 3 is 2.59 bits per heavy atom. The van der Waals surface area contributed by atoms with Crippen LogP contribution in [0.25, 0.3) is 6.08 Å². The molecule has 0 unspecified atom stereocenters. The average molecular weight is 392 g/mol. The van der Waals surface area contributed by atoms with Gasteiger partial charge in [0.2, 0.25) is 10.0 Å². The molecule has 0 aliphatic heterocycles. The highest BCUT2D eigenvalue weighted by Crippen LogP contribution is 2.11. The molecule has 0 aliphatic carbocycles. The molecule has 1 aromatic heterocycles. The molecule has 0 fully saturated rings. The molecule has 27 heavy (non-hydrogen) atoms. The van der Waals surface area contributed by atoms with Gasteiger partial charge < -0.3 is 14.5 Å². The molecule has 2 rings (SSSR count). The van der Waals surface area contributed by atoms with Crippen molar-refractivity contribution in [3.05, 3.63) is 65.5 Å². The first-order chi connectivity index (χ1) is 12.9. The van der Waals surface area contributed by atoms with Gasteiger partial charge in [-0.25, -0.2) is 13.1 Å². The largest absolute Gasteiger partial charge is 0.467 e. The van der Waals surface area contributed by atoms with Crippen molar-refractivity contribution in [1.82, 2.24) is 10.0 Å². The van der Waals surface area contributed by atoms with Crippen LogP contribution in [0.2, 0.25) is 0 Å². The summed E-state index contributed by atoms with van der Waals surface area (Å²) in [4.78, 5) is 23.3. The standard InChI is InChI=1S/C18H20N2O6S/c1-14(16-8-5-10-25-16)20-17(21)13-26-18(22)12-19-27(23,24)11-9-15-6-3-2-4-7-15/h2-11,14,19H,12-13H2,1H3,(H,20,21)/b11-9+/t14-/m0/s1. The number of hydrogen-bond acceptors (Lipinski definition) is 6. The van der Waals surface area contributed by atoms with Crippen molar-refractivity contribution >= 4 is 28.0 Å². The number of carbonyl (C=O) groups excluding carboxylic acids is 2. The number of carbonyl (C=O) groups is 2. The monoisotopic (exact) mass is 392 g/mol. The number of sulfonamides is 1. The van der Waals surface area contributed by atoms with Crippen molar-refractivity contribution in [2.75, 3.05) is 13.2 Å². The molecule has 2 aromatic rings. The number of amides is 1. The van der Waals surface area contributed by atoms with Gasteiger partial charge in [0.15, 0.2) is 6.61 Å². The lowest BCUT2D eigenvalue weighted by Gasteiger charge is -2.11. The molecule has 1 amide bonds. The fourth-order valence-electron chi connectivity index (χ4n) is 2.03. The lowest BCUT2D eigenvalue weighted by Crippen LogP contribution is -2.34. The maximum atomic E-state index is 11.8. The first-order valence-corrected chi connectivity index (χ1v) is 9.61. The zero-order valence-corrected chi connectivity index (χ0v) is 15.4. The zero-order valence-electron chi connectivity index (χ0n) is 14.6. The molecule has 0 radical (unpaired) electrons. The smallest absolute Gasteiger partial charge is 0.321 e. The summed E-state index contributed by atoms with van der Waals surface area (Å²) in [7, 11) is -3.81. The van der Waals surface area contributed by atoms with E-state index in [-0.39, 0.29) is 6.04 Å². The molecule has 0 bridgehead atoms. The van der Waals surface area contributed by atoms with Crippen molar-refractivity contribution < 1.29 is 27.2 Å². The van der Waals surface area contributed by atoms with Crippen LogP contribution in [0.15, 0.2) is 58.6 Å². The van der Waals surface area contributed by atoms with Crippen LogP contribution in [0.3, 0.4) is 0 Å². The van der Waals surface area contributed by atoms with E-state index in [9.17, 15) is 18.0 Å². The third kappa shape index (κ3) is 7.47. The van der Waals surface area contributed by atoms with Crippen LogP contribution in [-0.4, -0.2) is 33.4 Å². The first-order valence-electron chi connectivity index (χ1n) is 8.07. The lowest BCUT2D eigenvalue weighted by molar-refractivity contribution is -0.147. The Morgan fingerprint density at radius 1 is 1.19 bits per heavy atom. The summed E-state index contributed by atoms with van der Waals surface area (Å²) in [6.07, 6.45) is 2.88. The number of rotatable bonds is 9. The summed E-state index contributed by atoms with van der Waals surface area (Å²) >= 11 is 0. The van der Waals surface area contributed by atoms with Gasteiger partial charge in [0.1, 0.15) is 12.3 Å². The minimum Gasteiger partial charge on any atom is -0.467 e. The van der Waals surface area contributed by atoms with Gasteiger partial charge in [-0.1, -0.05) is 30.3 Å². The highest BCUT2D eigenvalue weighted by Gasteiger charge is 2.15. The SMILES string of the molecule is C[C@H](NC(=O)COC(=O)CNS(=O)(=O)/C=C/c1ccccc1)c1ccco1. The summed E-state index contributed by atoms with van der Waals surface area (Å²) in [5.74, 6) is -0.834. The fourth-order valence-corrected chi connectivity index (χ4v) is 2.78. The van der Waals surface area contributed by atoms with Gasteiger partial charge in [0, 0.05) is 5.41 Å². The summed E-state index contributed by atoms with van der Waals surface area (Å²) in [5, 5.41) is 3.54. The molecule has 0 saturated carbocycles. The maximum Gasteiger partial charge on any atom is 0.321 e. The maximum absolute atomic E-state index is 11.8. The Kier molecular flexibility index (Phi) is 7.33. The molecule has 8 nitrogen and oxygen atoms in total. The van der Waals surface area contributed by atoms with E-state index in [0.29, 0.717) is 11.3 Å². The van der Waals surface area contributed by atoms with E-state index in [2.05, 4.69) is 10.0 Å². The van der Waals surface area contributed by atoms with Crippen molar-refractivity contribution in [2.45, 2.75) is 13.0 Å². The highest BCUT2D eigenvalue weighted by molar-refractivity contribution is 7.92. The summed E-state index contributed by atoms with van der Waals surface area (Å²) in [6.45, 7) is 0.611. The van der Waals surface area contributed by atoms with Crippen LogP contribution < -0.4 is 10.0 Å². The van der Waals surface area contributed by atoms with Gasteiger partial charge in [0.25, 0.3) is 5.91 Å². The van der Waals surface area contributed by atoms with E-state index in [4.69, 9.17) is 9.15 Å². The molecule has 9 heteroatoms. The van der Waals surface area contributed by atoms with Crippen molar-refractivity contribution in [3.8, 4) is 0 Å². The lowest BCUT2D eigenvalue weighted by atomic mass is 10.2. The Balaban J connectivity index is 1.72. The second-order valence-electron chi connectivity index (χ2n) is 5.54. The Labute approximate surface area is 157 Å². The first kappa shape index (κ1) is 20.4. The van der Waals surface area contributed by atoms with Crippen LogP contribution in [0.5, 0.6) is 0 Å². The number of nitrogens with one attached hydrogen (secondary N) is 2. The minimum atomic E-state index is -3.81. The fraction of sp³-hybridized carbons (Fsp3) is 0.222. The molecule has 0 saturated heterocycles. The van der Waals surface area contributed by atoms with Crippen molar-refractivity contribution in [2.24, 2.45) is 0 Å². The molecular weight excluding hydrogens is 372 g/mol. The van der Waals surface area contributed by atoms with Crippen LogP contribution in [0.4, 0.5) is 0 Å². The van der Waals surface area contributed by atoms with Gasteiger partial charge in [-0.05, 0) is 30.7 Å². The van der Waals surface area contributed by atoms with Gasteiger partial charge >= 0.3 is 5.97 Å². The number of furan rings is 1. The highest BCUT2D eigenvalue weighted by atomic mass is 32.2. The van der Waals surface area contributed by atoms with Gasteiger partial charge in [0.05, 0.1) is 12.3 Å². The van der Waals surface area contributed by atoms with E-state index in [1.807, 2.05) is 6.07 Å². The summed E-state index contributed by atoms with van der Waals surface area (Å²) in [6, 6.07) is 11.8. The second kappa shape index (κ2) is 9.70. The van der Waals surface area contributed by atoms with E-state index in [0.717, 1.165) is 5.41 Å². The molecular formula is C18H20N2O6S. The van der Waals surface area contributed by atoms with E-state index >= 15 is 0 Å². The quantitative estimate of drug-likeness (QED) is 0.626. The molecule has 0 aliphatic rings. The Morgan fingerprint density at radius 2 is 1.93 bits per heavy atom. The third-order valence-corrected chi connectivity index (χ3v) is 4.41. The predicted octanol–water partition coefficient (Wildman–Crippen LogP) is 1.59. The van der Waals surface area contributed by atoms with E-state index < -0.39 is 35.1 Å². The molecule has 1 atom stereocenters. The van der Waals surface area contributed by atoms with Gasteiger partial charge in [-0.2, -0.15) is 0 Å².